The van der Waals surface area contributed by atoms with E-state index in [-0.39, 0.29) is 0 Å². The lowest BCUT2D eigenvalue weighted by Gasteiger charge is -2.19. The lowest BCUT2D eigenvalue weighted by atomic mass is 10.4. The van der Waals surface area contributed by atoms with E-state index in [1.54, 1.807) is 18.6 Å². The fraction of sp³-hybridized carbons (Fsp3) is 0.125. The van der Waals surface area contributed by atoms with Crippen LogP contribution in [0.3, 0.4) is 0 Å². The minimum Gasteiger partial charge on any atom is -0.382 e. The van der Waals surface area contributed by atoms with Crippen molar-refractivity contribution in [3.05, 3.63) is 18.6 Å². The van der Waals surface area contributed by atoms with Crippen LogP contribution in [0.1, 0.15) is 0 Å². The van der Waals surface area contributed by atoms with E-state index >= 15 is 0 Å². The molecule has 1 aliphatic rings. The predicted molar refractivity (Wildman–Crippen MR) is 55.8 cm³/mol. The van der Waals surface area contributed by atoms with Gasteiger partial charge >= 0.3 is 0 Å². The van der Waals surface area contributed by atoms with Crippen molar-refractivity contribution < 1.29 is 0 Å². The number of anilines is 3. The molecule has 6 heteroatoms. The molecule has 2 heterocycles. The zero-order valence-electron chi connectivity index (χ0n) is 7.46. The van der Waals surface area contributed by atoms with Gasteiger partial charge in [-0.15, -0.1) is 0 Å². The molecular weight excluding hydrogens is 180 g/mol. The van der Waals surface area contributed by atoms with Crippen LogP contribution in [-0.2, 0) is 0 Å². The molecule has 0 saturated heterocycles. The fourth-order valence-corrected chi connectivity index (χ4v) is 1.15. The number of aromatic nitrogens is 2. The van der Waals surface area contributed by atoms with Crippen molar-refractivity contribution in [2.75, 3.05) is 22.9 Å². The molecule has 0 aromatic carbocycles. The van der Waals surface area contributed by atoms with Gasteiger partial charge in [-0.3, -0.25) is 4.99 Å². The molecule has 1 aromatic heterocycles. The van der Waals surface area contributed by atoms with Crippen LogP contribution in [0.4, 0.5) is 17.5 Å². The highest BCUT2D eigenvalue weighted by Crippen LogP contribution is 2.19. The lowest BCUT2D eigenvalue weighted by molar-refractivity contribution is 1.04. The Morgan fingerprint density at radius 2 is 2.21 bits per heavy atom. The third kappa shape index (κ3) is 1.49. The van der Waals surface area contributed by atoms with Gasteiger partial charge in [-0.1, -0.05) is 0 Å². The van der Waals surface area contributed by atoms with Gasteiger partial charge in [0.2, 0.25) is 0 Å². The Balaban J connectivity index is 2.35. The summed E-state index contributed by atoms with van der Waals surface area (Å²) in [4.78, 5) is 13.8. The Bertz CT molecular complexity index is 397. The zero-order chi connectivity index (χ0) is 9.97. The van der Waals surface area contributed by atoms with E-state index in [9.17, 15) is 0 Å². The van der Waals surface area contributed by atoms with Gasteiger partial charge in [0.15, 0.2) is 11.6 Å². The summed E-state index contributed by atoms with van der Waals surface area (Å²) in [6, 6.07) is 0. The Morgan fingerprint density at radius 1 is 1.36 bits per heavy atom. The molecule has 4 N–H and O–H groups in total. The molecule has 1 aliphatic heterocycles. The second-order valence-corrected chi connectivity index (χ2v) is 2.79. The van der Waals surface area contributed by atoms with E-state index < -0.39 is 0 Å². The Labute approximate surface area is 81.0 Å². The van der Waals surface area contributed by atoms with Crippen LogP contribution in [0, 0.1) is 0 Å². The molecule has 14 heavy (non-hydrogen) atoms. The third-order valence-corrected chi connectivity index (χ3v) is 1.79. The molecule has 0 spiro atoms. The van der Waals surface area contributed by atoms with Crippen LogP contribution < -0.4 is 16.4 Å². The van der Waals surface area contributed by atoms with Crippen molar-refractivity contribution in [3.8, 4) is 0 Å². The summed E-state index contributed by atoms with van der Waals surface area (Å²) in [5, 5.41) is 0. The van der Waals surface area contributed by atoms with Crippen molar-refractivity contribution in [2.24, 2.45) is 4.99 Å². The van der Waals surface area contributed by atoms with E-state index in [0.717, 1.165) is 0 Å². The number of aliphatic imine (C=N–C) groups is 1. The standard InChI is InChI=1S/C8H10N6/c9-6-5-12-7(10)8(13-6)14-3-1-11-2-4-14/h1-3,5H,4H2,(H2,9,13)(H2,10,12). The Hall–Kier alpha value is -2.11. The summed E-state index contributed by atoms with van der Waals surface area (Å²) in [5.41, 5.74) is 11.2. The summed E-state index contributed by atoms with van der Waals surface area (Å²) in [7, 11) is 0. The smallest absolute Gasteiger partial charge is 0.178 e. The molecule has 0 fully saturated rings. The summed E-state index contributed by atoms with van der Waals surface area (Å²) in [6.07, 6.45) is 6.62. The minimum absolute atomic E-state index is 0.352. The number of hydrogen-bond donors (Lipinski definition) is 2. The molecule has 6 nitrogen and oxygen atoms in total. The highest BCUT2D eigenvalue weighted by molar-refractivity contribution is 5.72. The van der Waals surface area contributed by atoms with Crippen molar-refractivity contribution in [1.82, 2.24) is 9.97 Å². The van der Waals surface area contributed by atoms with Crippen molar-refractivity contribution in [2.45, 2.75) is 0 Å². The van der Waals surface area contributed by atoms with E-state index in [0.29, 0.717) is 24.0 Å². The molecule has 72 valence electrons. The fourth-order valence-electron chi connectivity index (χ4n) is 1.15. The lowest BCUT2D eigenvalue weighted by Crippen LogP contribution is -2.23. The number of rotatable bonds is 1. The molecule has 0 bridgehead atoms. The maximum atomic E-state index is 5.67. The van der Waals surface area contributed by atoms with Gasteiger partial charge in [0.1, 0.15) is 5.82 Å². The van der Waals surface area contributed by atoms with E-state index in [1.807, 2.05) is 4.90 Å². The highest BCUT2D eigenvalue weighted by atomic mass is 15.2. The summed E-state index contributed by atoms with van der Waals surface area (Å²) in [6.45, 7) is 0.624. The maximum Gasteiger partial charge on any atom is 0.178 e. The first-order valence-electron chi connectivity index (χ1n) is 4.10. The van der Waals surface area contributed by atoms with Gasteiger partial charge in [-0.05, 0) is 0 Å². The van der Waals surface area contributed by atoms with E-state index in [4.69, 9.17) is 11.5 Å². The first-order valence-corrected chi connectivity index (χ1v) is 4.10. The van der Waals surface area contributed by atoms with Crippen LogP contribution in [0.5, 0.6) is 0 Å². The number of nitrogens with two attached hydrogens (primary N) is 2. The molecule has 0 atom stereocenters. The zero-order valence-corrected chi connectivity index (χ0v) is 7.46. The van der Waals surface area contributed by atoms with Gasteiger partial charge in [0.05, 0.1) is 12.7 Å². The van der Waals surface area contributed by atoms with Gasteiger partial charge < -0.3 is 16.4 Å². The first kappa shape index (κ1) is 8.49. The van der Waals surface area contributed by atoms with Crippen LogP contribution in [-0.4, -0.2) is 22.7 Å². The molecule has 0 saturated carbocycles. The average Bonchev–Trinajstić information content (AvgIpc) is 2.23. The van der Waals surface area contributed by atoms with Crippen LogP contribution in [0.25, 0.3) is 0 Å². The topological polar surface area (TPSA) is 93.4 Å². The second-order valence-electron chi connectivity index (χ2n) is 2.79. The third-order valence-electron chi connectivity index (χ3n) is 1.79. The largest absolute Gasteiger partial charge is 0.382 e. The van der Waals surface area contributed by atoms with Gasteiger partial charge in [0, 0.05) is 18.6 Å². The molecular formula is C8H10N6. The maximum absolute atomic E-state index is 5.67. The second kappa shape index (κ2) is 3.33. The van der Waals surface area contributed by atoms with Crippen molar-refractivity contribution >= 4 is 23.7 Å². The van der Waals surface area contributed by atoms with Crippen molar-refractivity contribution in [3.63, 3.8) is 0 Å². The van der Waals surface area contributed by atoms with Crippen molar-refractivity contribution in [1.29, 1.82) is 0 Å². The number of nitrogen functional groups attached to an aromatic ring is 2. The minimum atomic E-state index is 0.352. The van der Waals surface area contributed by atoms with Gasteiger partial charge in [-0.25, -0.2) is 9.97 Å². The Morgan fingerprint density at radius 3 is 2.93 bits per heavy atom. The first-order chi connectivity index (χ1) is 6.77. The summed E-state index contributed by atoms with van der Waals surface area (Å²) in [5.74, 6) is 1.27. The number of hydrogen-bond acceptors (Lipinski definition) is 6. The molecule has 0 amide bonds. The monoisotopic (exact) mass is 190 g/mol. The molecule has 0 unspecified atom stereocenters. The van der Waals surface area contributed by atoms with Crippen LogP contribution >= 0.6 is 0 Å². The van der Waals surface area contributed by atoms with Crippen LogP contribution in [0.15, 0.2) is 23.6 Å². The highest BCUT2D eigenvalue weighted by Gasteiger charge is 2.10. The van der Waals surface area contributed by atoms with Crippen LogP contribution in [0.2, 0.25) is 0 Å². The number of nitrogens with zero attached hydrogens (tertiary/aromatic N) is 4. The molecule has 0 aliphatic carbocycles. The molecule has 0 radical (unpaired) electrons. The van der Waals surface area contributed by atoms with Gasteiger partial charge in [-0.2, -0.15) is 0 Å². The molecule has 2 rings (SSSR count). The van der Waals surface area contributed by atoms with E-state index in [1.165, 1.54) is 6.20 Å². The van der Waals surface area contributed by atoms with Gasteiger partial charge in [0.25, 0.3) is 0 Å². The SMILES string of the molecule is Nc1cnc(N)c(N2C=CN=CC2)n1. The molecule has 1 aromatic rings. The average molecular weight is 190 g/mol. The van der Waals surface area contributed by atoms with E-state index in [2.05, 4.69) is 15.0 Å². The predicted octanol–water partition coefficient (Wildman–Crippen LogP) is 0.00300. The summed E-state index contributed by atoms with van der Waals surface area (Å²) < 4.78 is 0. The normalized spacial score (nSPS) is 14.7. The summed E-state index contributed by atoms with van der Waals surface area (Å²) >= 11 is 0. The quantitative estimate of drug-likeness (QED) is 0.650. The Kier molecular flexibility index (Phi) is 2.02.